The van der Waals surface area contributed by atoms with E-state index in [4.69, 9.17) is 0 Å². The summed E-state index contributed by atoms with van der Waals surface area (Å²) in [6.45, 7) is 0. The second kappa shape index (κ2) is 4.00. The van der Waals surface area contributed by atoms with Crippen molar-refractivity contribution in [2.24, 2.45) is 17.8 Å². The van der Waals surface area contributed by atoms with Crippen LogP contribution in [0.3, 0.4) is 0 Å². The Labute approximate surface area is 91.7 Å². The highest BCUT2D eigenvalue weighted by Crippen LogP contribution is 2.50. The fourth-order valence-corrected chi connectivity index (χ4v) is 3.80. The topological polar surface area (TPSA) is 0 Å². The van der Waals surface area contributed by atoms with E-state index < -0.39 is 0 Å². The molecule has 2 heteroatoms. The Kier molecular flexibility index (Phi) is 3.17. The molecule has 0 aromatic rings. The van der Waals surface area contributed by atoms with Crippen molar-refractivity contribution in [3.63, 3.8) is 0 Å². The first-order valence-corrected chi connectivity index (χ1v) is 7.03. The molecule has 0 N–H and O–H groups in total. The molecular formula is C10H16Br2. The molecule has 4 atom stereocenters. The molecule has 2 aliphatic rings. The zero-order valence-corrected chi connectivity index (χ0v) is 10.5. The van der Waals surface area contributed by atoms with Gasteiger partial charge in [0.15, 0.2) is 0 Å². The SMILES string of the molecule is BrCC(Br)CC1CC2CCC1C2. The van der Waals surface area contributed by atoms with Crippen LogP contribution in [0.1, 0.15) is 32.1 Å². The molecule has 2 aliphatic carbocycles. The van der Waals surface area contributed by atoms with Crippen LogP contribution < -0.4 is 0 Å². The number of halogens is 2. The average Bonchev–Trinajstić information content (AvgIpc) is 2.64. The summed E-state index contributed by atoms with van der Waals surface area (Å²) in [6.07, 6.45) is 7.53. The molecule has 0 aromatic carbocycles. The van der Waals surface area contributed by atoms with Crippen molar-refractivity contribution in [2.45, 2.75) is 36.9 Å². The Morgan fingerprint density at radius 2 is 2.08 bits per heavy atom. The molecule has 2 rings (SSSR count). The van der Waals surface area contributed by atoms with Gasteiger partial charge in [0.1, 0.15) is 0 Å². The predicted octanol–water partition coefficient (Wildman–Crippen LogP) is 3.97. The Bertz CT molecular complexity index is 158. The fraction of sp³-hybridized carbons (Fsp3) is 1.00. The van der Waals surface area contributed by atoms with Gasteiger partial charge < -0.3 is 0 Å². The Morgan fingerprint density at radius 3 is 2.58 bits per heavy atom. The molecule has 0 amide bonds. The first-order chi connectivity index (χ1) is 5.79. The molecule has 4 unspecified atom stereocenters. The summed E-state index contributed by atoms with van der Waals surface area (Å²) in [5.74, 6) is 3.25. The lowest BCUT2D eigenvalue weighted by molar-refractivity contribution is 0.317. The number of alkyl halides is 2. The summed E-state index contributed by atoms with van der Waals surface area (Å²) >= 11 is 7.24. The summed E-state index contributed by atoms with van der Waals surface area (Å²) in [5.41, 5.74) is 0. The molecule has 0 radical (unpaired) electrons. The molecule has 2 bridgehead atoms. The van der Waals surface area contributed by atoms with Gasteiger partial charge in [-0.05, 0) is 43.4 Å². The third-order valence-corrected chi connectivity index (χ3v) is 5.96. The molecule has 0 aromatic heterocycles. The number of rotatable bonds is 3. The van der Waals surface area contributed by atoms with E-state index in [0.717, 1.165) is 23.1 Å². The highest BCUT2D eigenvalue weighted by Gasteiger charge is 2.39. The maximum atomic E-state index is 3.71. The second-order valence-electron chi connectivity index (χ2n) is 4.42. The minimum atomic E-state index is 0.710. The lowest BCUT2D eigenvalue weighted by atomic mass is 9.86. The number of hydrogen-bond acceptors (Lipinski definition) is 0. The van der Waals surface area contributed by atoms with Crippen LogP contribution in [-0.2, 0) is 0 Å². The third kappa shape index (κ3) is 1.89. The predicted molar refractivity (Wildman–Crippen MR) is 60.1 cm³/mol. The van der Waals surface area contributed by atoms with Crippen LogP contribution in [0.2, 0.25) is 0 Å². The van der Waals surface area contributed by atoms with Crippen molar-refractivity contribution in [3.8, 4) is 0 Å². The Hall–Kier alpha value is 0.960. The van der Waals surface area contributed by atoms with Crippen molar-refractivity contribution >= 4 is 31.9 Å². The van der Waals surface area contributed by atoms with E-state index in [-0.39, 0.29) is 0 Å². The zero-order valence-electron chi connectivity index (χ0n) is 7.31. The molecular weight excluding hydrogens is 280 g/mol. The van der Waals surface area contributed by atoms with Crippen LogP contribution in [0.25, 0.3) is 0 Å². The van der Waals surface area contributed by atoms with Crippen molar-refractivity contribution in [3.05, 3.63) is 0 Å². The second-order valence-corrected chi connectivity index (χ2v) is 6.36. The van der Waals surface area contributed by atoms with Gasteiger partial charge in [0.25, 0.3) is 0 Å². The normalized spacial score (nSPS) is 42.0. The van der Waals surface area contributed by atoms with Gasteiger partial charge in [-0.25, -0.2) is 0 Å². The maximum Gasteiger partial charge on any atom is 0.0245 e. The summed E-state index contributed by atoms with van der Waals surface area (Å²) in [7, 11) is 0. The van der Waals surface area contributed by atoms with Crippen LogP contribution in [0.4, 0.5) is 0 Å². The average molecular weight is 296 g/mol. The molecule has 0 saturated heterocycles. The first-order valence-electron chi connectivity index (χ1n) is 4.99. The van der Waals surface area contributed by atoms with Crippen LogP contribution in [-0.4, -0.2) is 10.2 Å². The number of hydrogen-bond donors (Lipinski definition) is 0. The van der Waals surface area contributed by atoms with Gasteiger partial charge in [-0.2, -0.15) is 0 Å². The van der Waals surface area contributed by atoms with Crippen LogP contribution in [0.5, 0.6) is 0 Å². The lowest BCUT2D eigenvalue weighted by Crippen LogP contribution is -2.15. The quantitative estimate of drug-likeness (QED) is 0.691. The van der Waals surface area contributed by atoms with Gasteiger partial charge in [0.05, 0.1) is 0 Å². The molecule has 0 aliphatic heterocycles. The smallest absolute Gasteiger partial charge is 0.0245 e. The molecule has 0 spiro atoms. The standard InChI is InChI=1S/C10H16Br2/c11-6-10(12)5-9-4-7-1-2-8(9)3-7/h7-10H,1-6H2. The summed E-state index contributed by atoms with van der Waals surface area (Å²) < 4.78 is 0. The summed E-state index contributed by atoms with van der Waals surface area (Å²) in [4.78, 5) is 0.710. The summed E-state index contributed by atoms with van der Waals surface area (Å²) in [5, 5.41) is 1.11. The van der Waals surface area contributed by atoms with E-state index in [9.17, 15) is 0 Å². The highest BCUT2D eigenvalue weighted by molar-refractivity contribution is 9.12. The zero-order chi connectivity index (χ0) is 8.55. The Balaban J connectivity index is 1.82. The van der Waals surface area contributed by atoms with Gasteiger partial charge in [-0.15, -0.1) is 0 Å². The molecule has 70 valence electrons. The minimum Gasteiger partial charge on any atom is -0.0916 e. The third-order valence-electron chi connectivity index (χ3n) is 3.61. The molecule has 2 saturated carbocycles. The van der Waals surface area contributed by atoms with Gasteiger partial charge in [-0.1, -0.05) is 38.3 Å². The van der Waals surface area contributed by atoms with E-state index in [1.54, 1.807) is 6.42 Å². The minimum absolute atomic E-state index is 0.710. The lowest BCUT2D eigenvalue weighted by Gasteiger charge is -2.23. The molecule has 0 heterocycles. The van der Waals surface area contributed by atoms with Gasteiger partial charge in [-0.3, -0.25) is 0 Å². The maximum absolute atomic E-state index is 3.71. The van der Waals surface area contributed by atoms with E-state index in [0.29, 0.717) is 4.83 Å². The van der Waals surface area contributed by atoms with E-state index in [1.807, 2.05) is 0 Å². The largest absolute Gasteiger partial charge is 0.0916 e. The van der Waals surface area contributed by atoms with Gasteiger partial charge in [0, 0.05) is 10.2 Å². The van der Waals surface area contributed by atoms with Gasteiger partial charge >= 0.3 is 0 Å². The van der Waals surface area contributed by atoms with Crippen molar-refractivity contribution < 1.29 is 0 Å². The van der Waals surface area contributed by atoms with Crippen LogP contribution in [0.15, 0.2) is 0 Å². The monoisotopic (exact) mass is 294 g/mol. The van der Waals surface area contributed by atoms with E-state index >= 15 is 0 Å². The highest BCUT2D eigenvalue weighted by atomic mass is 79.9. The molecule has 12 heavy (non-hydrogen) atoms. The van der Waals surface area contributed by atoms with Crippen molar-refractivity contribution in [2.75, 3.05) is 5.33 Å². The first kappa shape index (κ1) is 9.51. The Morgan fingerprint density at radius 1 is 1.25 bits per heavy atom. The van der Waals surface area contributed by atoms with Crippen LogP contribution >= 0.6 is 31.9 Å². The van der Waals surface area contributed by atoms with E-state index in [1.165, 1.54) is 25.7 Å². The molecule has 2 fully saturated rings. The van der Waals surface area contributed by atoms with Crippen LogP contribution in [0, 0.1) is 17.8 Å². The molecule has 0 nitrogen and oxygen atoms in total. The van der Waals surface area contributed by atoms with Crippen molar-refractivity contribution in [1.82, 2.24) is 0 Å². The summed E-state index contributed by atoms with van der Waals surface area (Å²) in [6, 6.07) is 0. The fourth-order valence-electron chi connectivity index (χ4n) is 3.06. The number of fused-ring (bicyclic) bond motifs is 2. The van der Waals surface area contributed by atoms with E-state index in [2.05, 4.69) is 31.9 Å². The van der Waals surface area contributed by atoms with Crippen molar-refractivity contribution in [1.29, 1.82) is 0 Å². The van der Waals surface area contributed by atoms with Gasteiger partial charge in [0.2, 0.25) is 0 Å².